The first kappa shape index (κ1) is 19.0. The largest absolute Gasteiger partial charge is 0.482 e. The van der Waals surface area contributed by atoms with Gasteiger partial charge in [-0.3, -0.25) is 14.6 Å². The Hall–Kier alpha value is -1.30. The molecule has 1 aromatic rings. The van der Waals surface area contributed by atoms with E-state index in [1.165, 1.54) is 57.3 Å². The zero-order chi connectivity index (χ0) is 18.8. The van der Waals surface area contributed by atoms with Crippen LogP contribution in [0, 0.1) is 11.8 Å². The minimum absolute atomic E-state index is 0.147. The van der Waals surface area contributed by atoms with E-state index in [0.29, 0.717) is 16.8 Å². The van der Waals surface area contributed by atoms with Crippen LogP contribution < -0.4 is 10.5 Å². The second-order valence-electron chi connectivity index (χ2n) is 8.56. The van der Waals surface area contributed by atoms with E-state index >= 15 is 0 Å². The molecule has 5 nitrogen and oxygen atoms in total. The SMILES string of the molecule is NC(=O)COc1ccc(CN2C[C@@H]3CC[C@H](C2)N(CC2CCC2)C3)cc1Cl. The molecule has 1 aliphatic carbocycles. The lowest BCUT2D eigenvalue weighted by atomic mass is 9.83. The van der Waals surface area contributed by atoms with E-state index in [0.717, 1.165) is 24.9 Å². The molecule has 1 amide bonds. The molecule has 1 saturated carbocycles. The highest BCUT2D eigenvalue weighted by atomic mass is 35.5. The second-order valence-corrected chi connectivity index (χ2v) is 8.97. The van der Waals surface area contributed by atoms with Crippen molar-refractivity contribution in [3.8, 4) is 5.75 Å². The Balaban J connectivity index is 1.36. The van der Waals surface area contributed by atoms with Crippen molar-refractivity contribution in [2.75, 3.05) is 32.8 Å². The molecule has 1 aromatic carbocycles. The van der Waals surface area contributed by atoms with Crippen molar-refractivity contribution in [1.82, 2.24) is 9.80 Å². The highest BCUT2D eigenvalue weighted by molar-refractivity contribution is 6.32. The van der Waals surface area contributed by atoms with Crippen LogP contribution in [0.2, 0.25) is 5.02 Å². The number of hydrogen-bond acceptors (Lipinski definition) is 4. The molecule has 3 heterocycles. The zero-order valence-corrected chi connectivity index (χ0v) is 16.7. The van der Waals surface area contributed by atoms with Crippen molar-refractivity contribution >= 4 is 17.5 Å². The van der Waals surface area contributed by atoms with Gasteiger partial charge in [0.05, 0.1) is 5.02 Å². The summed E-state index contributed by atoms with van der Waals surface area (Å²) in [6.45, 7) is 5.69. The smallest absolute Gasteiger partial charge is 0.255 e. The monoisotopic (exact) mass is 391 g/mol. The molecule has 0 aromatic heterocycles. The number of benzene rings is 1. The molecule has 2 bridgehead atoms. The number of carbonyl (C=O) groups excluding carboxylic acids is 1. The van der Waals surface area contributed by atoms with Gasteiger partial charge in [0.15, 0.2) is 6.61 Å². The minimum atomic E-state index is -0.498. The Morgan fingerprint density at radius 1 is 1.19 bits per heavy atom. The summed E-state index contributed by atoms with van der Waals surface area (Å²) in [5.41, 5.74) is 6.32. The maximum absolute atomic E-state index is 10.9. The van der Waals surface area contributed by atoms with E-state index in [2.05, 4.69) is 9.80 Å². The number of amides is 1. The van der Waals surface area contributed by atoms with Crippen molar-refractivity contribution in [3.05, 3.63) is 28.8 Å². The third-order valence-corrected chi connectivity index (χ3v) is 6.69. The minimum Gasteiger partial charge on any atom is -0.482 e. The summed E-state index contributed by atoms with van der Waals surface area (Å²) in [7, 11) is 0. The lowest BCUT2D eigenvalue weighted by Crippen LogP contribution is -2.46. The van der Waals surface area contributed by atoms with Gasteiger partial charge in [-0.15, -0.1) is 0 Å². The molecule has 148 valence electrons. The molecule has 3 aliphatic heterocycles. The molecule has 0 spiro atoms. The predicted molar refractivity (Wildman–Crippen MR) is 107 cm³/mol. The molecule has 3 saturated heterocycles. The first-order valence-corrected chi connectivity index (χ1v) is 10.6. The van der Waals surface area contributed by atoms with Crippen LogP contribution in [0.5, 0.6) is 5.75 Å². The van der Waals surface area contributed by atoms with Crippen LogP contribution in [0.25, 0.3) is 0 Å². The summed E-state index contributed by atoms with van der Waals surface area (Å²) >= 11 is 6.33. The average Bonchev–Trinajstić information content (AvgIpc) is 2.87. The number of piperidine rings is 1. The Morgan fingerprint density at radius 2 is 2.04 bits per heavy atom. The number of nitrogens with zero attached hydrogens (tertiary/aromatic N) is 2. The highest BCUT2D eigenvalue weighted by Gasteiger charge is 2.36. The number of fused-ring (bicyclic) bond motifs is 4. The second kappa shape index (κ2) is 8.38. The summed E-state index contributed by atoms with van der Waals surface area (Å²) in [6, 6.07) is 6.55. The molecule has 27 heavy (non-hydrogen) atoms. The van der Waals surface area contributed by atoms with Gasteiger partial charge in [0.1, 0.15) is 5.75 Å². The molecule has 2 N–H and O–H groups in total. The summed E-state index contributed by atoms with van der Waals surface area (Å²) in [5.74, 6) is 1.76. The van der Waals surface area contributed by atoms with Crippen LogP contribution in [-0.2, 0) is 11.3 Å². The third-order valence-electron chi connectivity index (χ3n) is 6.39. The standard InChI is InChI=1S/C21H30ClN3O2/c22-19-8-16(5-7-20(19)27-14-21(23)26)9-24-10-17-4-6-18(13-24)25(12-17)11-15-2-1-3-15/h5,7-8,15,17-18H,1-4,6,9-14H2,(H2,23,26)/t17-,18+/m0/s1. The van der Waals surface area contributed by atoms with Gasteiger partial charge in [0.2, 0.25) is 0 Å². The molecule has 6 heteroatoms. The van der Waals surface area contributed by atoms with Crippen molar-refractivity contribution < 1.29 is 9.53 Å². The topological polar surface area (TPSA) is 58.8 Å². The fourth-order valence-corrected chi connectivity index (χ4v) is 5.06. The van der Waals surface area contributed by atoms with Crippen LogP contribution in [-0.4, -0.2) is 54.5 Å². The van der Waals surface area contributed by atoms with Gasteiger partial charge < -0.3 is 10.5 Å². The molecular formula is C21H30ClN3O2. The van der Waals surface area contributed by atoms with Gasteiger partial charge in [0.25, 0.3) is 5.91 Å². The number of carbonyl (C=O) groups is 1. The predicted octanol–water partition coefficient (Wildman–Crippen LogP) is 2.90. The van der Waals surface area contributed by atoms with E-state index in [9.17, 15) is 4.79 Å². The molecule has 5 rings (SSSR count). The van der Waals surface area contributed by atoms with Crippen LogP contribution in [0.4, 0.5) is 0 Å². The summed E-state index contributed by atoms with van der Waals surface area (Å²) in [4.78, 5) is 16.3. The number of rotatable bonds is 7. The van der Waals surface area contributed by atoms with E-state index in [-0.39, 0.29) is 6.61 Å². The molecule has 4 fully saturated rings. The van der Waals surface area contributed by atoms with Gasteiger partial charge in [-0.05, 0) is 55.2 Å². The lowest BCUT2D eigenvalue weighted by Gasteiger charge is -2.40. The number of halogens is 1. The van der Waals surface area contributed by atoms with Gasteiger partial charge in [0, 0.05) is 38.8 Å². The maximum Gasteiger partial charge on any atom is 0.255 e. The fourth-order valence-electron chi connectivity index (χ4n) is 4.80. The van der Waals surface area contributed by atoms with Crippen molar-refractivity contribution in [1.29, 1.82) is 0 Å². The van der Waals surface area contributed by atoms with E-state index in [4.69, 9.17) is 22.1 Å². The van der Waals surface area contributed by atoms with Crippen molar-refractivity contribution in [2.24, 2.45) is 17.6 Å². The normalized spacial score (nSPS) is 26.6. The van der Waals surface area contributed by atoms with Gasteiger partial charge in [-0.1, -0.05) is 24.1 Å². The van der Waals surface area contributed by atoms with Crippen LogP contribution >= 0.6 is 11.6 Å². The van der Waals surface area contributed by atoms with Gasteiger partial charge in [-0.25, -0.2) is 0 Å². The fraction of sp³-hybridized carbons (Fsp3) is 0.667. The number of hydrogen-bond donors (Lipinski definition) is 1. The first-order chi connectivity index (χ1) is 13.1. The Kier molecular flexibility index (Phi) is 5.90. The van der Waals surface area contributed by atoms with Crippen LogP contribution in [0.1, 0.15) is 37.7 Å². The van der Waals surface area contributed by atoms with Gasteiger partial charge in [-0.2, -0.15) is 0 Å². The highest BCUT2D eigenvalue weighted by Crippen LogP contribution is 2.34. The van der Waals surface area contributed by atoms with E-state index < -0.39 is 5.91 Å². The zero-order valence-electron chi connectivity index (χ0n) is 15.9. The van der Waals surface area contributed by atoms with Crippen LogP contribution in [0.3, 0.4) is 0 Å². The van der Waals surface area contributed by atoms with E-state index in [1.54, 1.807) is 0 Å². The Labute approximate surface area is 166 Å². The quantitative estimate of drug-likeness (QED) is 0.776. The molecule has 0 unspecified atom stereocenters. The molecule has 2 atom stereocenters. The molecular weight excluding hydrogens is 362 g/mol. The summed E-state index contributed by atoms with van der Waals surface area (Å²) < 4.78 is 5.35. The lowest BCUT2D eigenvalue weighted by molar-refractivity contribution is -0.119. The average molecular weight is 392 g/mol. The summed E-state index contributed by atoms with van der Waals surface area (Å²) in [5, 5.41) is 0.540. The number of nitrogens with two attached hydrogens (primary N) is 1. The first-order valence-electron chi connectivity index (χ1n) is 10.2. The maximum atomic E-state index is 10.9. The third kappa shape index (κ3) is 4.76. The number of ether oxygens (including phenoxy) is 1. The van der Waals surface area contributed by atoms with E-state index in [1.807, 2.05) is 18.2 Å². The molecule has 4 aliphatic rings. The molecule has 0 radical (unpaired) electrons. The summed E-state index contributed by atoms with van der Waals surface area (Å²) in [6.07, 6.45) is 7.00. The Bertz CT molecular complexity index is 679. The van der Waals surface area contributed by atoms with Crippen molar-refractivity contribution in [2.45, 2.75) is 44.7 Å². The number of primary amides is 1. The van der Waals surface area contributed by atoms with Crippen LogP contribution in [0.15, 0.2) is 18.2 Å². The van der Waals surface area contributed by atoms with Crippen molar-refractivity contribution in [3.63, 3.8) is 0 Å². The Morgan fingerprint density at radius 3 is 2.74 bits per heavy atom. The van der Waals surface area contributed by atoms with Gasteiger partial charge >= 0.3 is 0 Å².